The van der Waals surface area contributed by atoms with E-state index in [1.54, 1.807) is 0 Å². The highest BCUT2D eigenvalue weighted by Crippen LogP contribution is 1.91. The van der Waals surface area contributed by atoms with E-state index >= 15 is 0 Å². The van der Waals surface area contributed by atoms with E-state index in [2.05, 4.69) is 31.2 Å². The van der Waals surface area contributed by atoms with Gasteiger partial charge in [0, 0.05) is 0 Å². The molecule has 0 heterocycles. The molecule has 0 rings (SSSR count). The fraction of sp³-hybridized carbons (Fsp3) is 0.600. The quantitative estimate of drug-likeness (QED) is 0.460. The molecule has 0 aromatic rings. The molecule has 0 aliphatic heterocycles. The Labute approximate surface area is 70.0 Å². The molecule has 11 heavy (non-hydrogen) atoms. The molecule has 0 aromatic heterocycles. The summed E-state index contributed by atoms with van der Waals surface area (Å²) in [5.74, 6) is 0. The van der Waals surface area contributed by atoms with Gasteiger partial charge >= 0.3 is 0 Å². The smallest absolute Gasteiger partial charge is 0.00743 e. The highest BCUT2D eigenvalue weighted by molar-refractivity contribution is 5.02. The zero-order valence-electron chi connectivity index (χ0n) is 7.42. The Hall–Kier alpha value is -0.560. The van der Waals surface area contributed by atoms with Crippen LogP contribution in [0.15, 0.2) is 24.3 Å². The predicted molar refractivity (Wildman–Crippen MR) is 51.5 cm³/mol. The van der Waals surface area contributed by atoms with Crippen molar-refractivity contribution >= 4 is 0 Å². The van der Waals surface area contributed by atoms with Gasteiger partial charge in [-0.2, -0.15) is 0 Å². The van der Waals surface area contributed by atoms with Crippen molar-refractivity contribution in [2.45, 2.75) is 32.6 Å². The molecule has 0 aliphatic rings. The molecule has 0 atom stereocenters. The first-order chi connectivity index (χ1) is 5.41. The number of unbranched alkanes of at least 4 members (excludes halogenated alkanes) is 2. The van der Waals surface area contributed by atoms with E-state index < -0.39 is 0 Å². The van der Waals surface area contributed by atoms with Crippen LogP contribution in [0.1, 0.15) is 32.6 Å². The monoisotopic (exact) mass is 153 g/mol. The lowest BCUT2D eigenvalue weighted by Gasteiger charge is -1.86. The van der Waals surface area contributed by atoms with Gasteiger partial charge in [-0.1, -0.05) is 37.6 Å². The summed E-state index contributed by atoms with van der Waals surface area (Å²) in [6.07, 6.45) is 13.2. The van der Waals surface area contributed by atoms with Gasteiger partial charge in [-0.15, -0.1) is 0 Å². The summed E-state index contributed by atoms with van der Waals surface area (Å²) in [5.41, 5.74) is 5.34. The maximum atomic E-state index is 5.34. The summed E-state index contributed by atoms with van der Waals surface area (Å²) in [6.45, 7) is 2.98. The van der Waals surface area contributed by atoms with Crippen LogP contribution in [-0.2, 0) is 0 Å². The van der Waals surface area contributed by atoms with Crippen LogP contribution in [0.25, 0.3) is 0 Å². The molecule has 1 heteroatoms. The maximum Gasteiger partial charge on any atom is -0.00743 e. The molecule has 0 bridgehead atoms. The average molecular weight is 153 g/mol. The Morgan fingerprint density at radius 3 is 2.27 bits per heavy atom. The fourth-order valence-corrected chi connectivity index (χ4v) is 0.752. The second-order valence-corrected chi connectivity index (χ2v) is 2.58. The summed E-state index contributed by atoms with van der Waals surface area (Å²) in [4.78, 5) is 0. The van der Waals surface area contributed by atoms with Crippen molar-refractivity contribution in [1.82, 2.24) is 0 Å². The van der Waals surface area contributed by atoms with E-state index in [-0.39, 0.29) is 0 Å². The van der Waals surface area contributed by atoms with Crippen LogP contribution in [0.4, 0.5) is 0 Å². The normalized spacial score (nSPS) is 11.8. The van der Waals surface area contributed by atoms with Crippen molar-refractivity contribution in [2.75, 3.05) is 6.54 Å². The zero-order valence-corrected chi connectivity index (χ0v) is 7.42. The number of allylic oxidation sites excluding steroid dienone is 4. The van der Waals surface area contributed by atoms with Gasteiger partial charge < -0.3 is 5.73 Å². The predicted octanol–water partition coefficient (Wildman–Crippen LogP) is 2.64. The van der Waals surface area contributed by atoms with Gasteiger partial charge in [0.05, 0.1) is 0 Å². The minimum atomic E-state index is 0.795. The van der Waals surface area contributed by atoms with Crippen LogP contribution in [0.2, 0.25) is 0 Å². The van der Waals surface area contributed by atoms with Crippen LogP contribution < -0.4 is 5.73 Å². The molecule has 0 unspecified atom stereocenters. The summed E-state index contributed by atoms with van der Waals surface area (Å²) in [7, 11) is 0. The van der Waals surface area contributed by atoms with E-state index in [1.165, 1.54) is 12.8 Å². The Balaban J connectivity index is 3.14. The largest absolute Gasteiger partial charge is 0.330 e. The third-order valence-corrected chi connectivity index (χ3v) is 1.41. The highest BCUT2D eigenvalue weighted by atomic mass is 14.5. The van der Waals surface area contributed by atoms with Gasteiger partial charge in [0.15, 0.2) is 0 Å². The highest BCUT2D eigenvalue weighted by Gasteiger charge is 1.75. The summed E-state index contributed by atoms with van der Waals surface area (Å²) in [6, 6.07) is 0. The second kappa shape index (κ2) is 9.44. The average Bonchev–Trinajstić information content (AvgIpc) is 2.03. The standard InChI is InChI=1S/C10H19N/c1-2-3-4-5-6-7-8-9-10-11/h4-7H,2-3,8-11H2,1H3/b5-4+,7-6+. The minimum absolute atomic E-state index is 0.795. The van der Waals surface area contributed by atoms with Crippen molar-refractivity contribution in [3.8, 4) is 0 Å². The van der Waals surface area contributed by atoms with E-state index in [9.17, 15) is 0 Å². The molecule has 0 amide bonds. The van der Waals surface area contributed by atoms with Gasteiger partial charge in [-0.05, 0) is 25.8 Å². The van der Waals surface area contributed by atoms with E-state index in [0.717, 1.165) is 19.4 Å². The second-order valence-electron chi connectivity index (χ2n) is 2.58. The van der Waals surface area contributed by atoms with Crippen LogP contribution in [0, 0.1) is 0 Å². The van der Waals surface area contributed by atoms with Crippen LogP contribution in [0.5, 0.6) is 0 Å². The molecule has 0 aliphatic carbocycles. The first-order valence-corrected chi connectivity index (χ1v) is 4.43. The molecular weight excluding hydrogens is 134 g/mol. The SMILES string of the molecule is CCC/C=C/C=C/CCCN. The van der Waals surface area contributed by atoms with Crippen molar-refractivity contribution in [3.63, 3.8) is 0 Å². The lowest BCUT2D eigenvalue weighted by atomic mass is 10.2. The Morgan fingerprint density at radius 1 is 1.09 bits per heavy atom. The lowest BCUT2D eigenvalue weighted by molar-refractivity contribution is 0.855. The molecule has 0 saturated carbocycles. The van der Waals surface area contributed by atoms with Crippen molar-refractivity contribution < 1.29 is 0 Å². The summed E-state index contributed by atoms with van der Waals surface area (Å²) < 4.78 is 0. The van der Waals surface area contributed by atoms with Crippen LogP contribution >= 0.6 is 0 Å². The number of hydrogen-bond donors (Lipinski definition) is 1. The minimum Gasteiger partial charge on any atom is -0.330 e. The topological polar surface area (TPSA) is 26.0 Å². The molecular formula is C10H19N. The lowest BCUT2D eigenvalue weighted by Crippen LogP contribution is -1.96. The molecule has 0 radical (unpaired) electrons. The Bertz CT molecular complexity index is 114. The van der Waals surface area contributed by atoms with Gasteiger partial charge in [0.1, 0.15) is 0 Å². The van der Waals surface area contributed by atoms with Gasteiger partial charge in [-0.25, -0.2) is 0 Å². The van der Waals surface area contributed by atoms with Crippen molar-refractivity contribution in [3.05, 3.63) is 24.3 Å². The molecule has 0 saturated heterocycles. The maximum absolute atomic E-state index is 5.34. The third kappa shape index (κ3) is 9.44. The first-order valence-electron chi connectivity index (χ1n) is 4.43. The van der Waals surface area contributed by atoms with Gasteiger partial charge in [0.25, 0.3) is 0 Å². The van der Waals surface area contributed by atoms with E-state index in [1.807, 2.05) is 0 Å². The molecule has 64 valence electrons. The van der Waals surface area contributed by atoms with Gasteiger partial charge in [0.2, 0.25) is 0 Å². The van der Waals surface area contributed by atoms with Crippen LogP contribution in [-0.4, -0.2) is 6.54 Å². The molecule has 0 aromatic carbocycles. The van der Waals surface area contributed by atoms with Gasteiger partial charge in [-0.3, -0.25) is 0 Å². The zero-order chi connectivity index (χ0) is 8.36. The summed E-state index contributed by atoms with van der Waals surface area (Å²) in [5, 5.41) is 0. The molecule has 0 spiro atoms. The number of nitrogens with two attached hydrogens (primary N) is 1. The Kier molecular flexibility index (Phi) is 8.96. The van der Waals surface area contributed by atoms with Crippen molar-refractivity contribution in [2.24, 2.45) is 5.73 Å². The number of rotatable bonds is 6. The molecule has 0 fully saturated rings. The van der Waals surface area contributed by atoms with E-state index in [0.29, 0.717) is 0 Å². The van der Waals surface area contributed by atoms with Crippen LogP contribution in [0.3, 0.4) is 0 Å². The first kappa shape index (κ1) is 10.4. The van der Waals surface area contributed by atoms with E-state index in [4.69, 9.17) is 5.73 Å². The third-order valence-electron chi connectivity index (χ3n) is 1.41. The van der Waals surface area contributed by atoms with Crippen molar-refractivity contribution in [1.29, 1.82) is 0 Å². The molecule has 1 nitrogen and oxygen atoms in total. The summed E-state index contributed by atoms with van der Waals surface area (Å²) >= 11 is 0. The Morgan fingerprint density at radius 2 is 1.73 bits per heavy atom. The fourth-order valence-electron chi connectivity index (χ4n) is 0.752. The number of hydrogen-bond acceptors (Lipinski definition) is 1. The molecule has 2 N–H and O–H groups in total.